The minimum absolute atomic E-state index is 0.964. The van der Waals surface area contributed by atoms with Crippen molar-refractivity contribution in [2.24, 2.45) is 0 Å². The van der Waals surface area contributed by atoms with Crippen LogP contribution in [0.25, 0.3) is 0 Å². The Kier molecular flexibility index (Phi) is 3.01. The van der Waals surface area contributed by atoms with E-state index in [4.69, 9.17) is 0 Å². The summed E-state index contributed by atoms with van der Waals surface area (Å²) in [5.74, 6) is 0. The van der Waals surface area contributed by atoms with Gasteiger partial charge < -0.3 is 0 Å². The summed E-state index contributed by atoms with van der Waals surface area (Å²) in [5.41, 5.74) is 0. The van der Waals surface area contributed by atoms with E-state index in [0.29, 0.717) is 0 Å². The quantitative estimate of drug-likeness (QED) is 0.541. The Morgan fingerprint density at radius 1 is 1.50 bits per heavy atom. The minimum atomic E-state index is 0.964. The summed E-state index contributed by atoms with van der Waals surface area (Å²) in [6.45, 7) is 0. The predicted molar refractivity (Wildman–Crippen MR) is 31.2 cm³/mol. The predicted octanol–water partition coefficient (Wildman–Crippen LogP) is -0.125. The summed E-state index contributed by atoms with van der Waals surface area (Å²) >= 11 is 3.11. The van der Waals surface area contributed by atoms with Crippen LogP contribution >= 0.6 is 0 Å². The molecule has 0 amide bonds. The molecule has 0 aromatic rings. The van der Waals surface area contributed by atoms with Crippen LogP contribution in [0.4, 0.5) is 0 Å². The Labute approximate surface area is 53.7 Å². The molecule has 6 heavy (non-hydrogen) atoms. The molecule has 0 fully saturated rings. The van der Waals surface area contributed by atoms with Gasteiger partial charge in [-0.2, -0.15) is 0 Å². The van der Waals surface area contributed by atoms with Crippen molar-refractivity contribution in [3.63, 3.8) is 0 Å². The van der Waals surface area contributed by atoms with Gasteiger partial charge in [-0.25, -0.2) is 0 Å². The van der Waals surface area contributed by atoms with Gasteiger partial charge in [0.05, 0.1) is 0 Å². The van der Waals surface area contributed by atoms with E-state index in [0.717, 1.165) is 37.6 Å². The van der Waals surface area contributed by atoms with Crippen LogP contribution in [0, 0.1) is 0 Å². The molecule has 0 radical (unpaired) electrons. The van der Waals surface area contributed by atoms with E-state index in [9.17, 15) is 0 Å². The van der Waals surface area contributed by atoms with E-state index in [1.54, 1.807) is 0 Å². The molecular weight excluding hydrogens is 273 g/mol. The Bertz CT molecular complexity index is 51.1. The topological polar surface area (TPSA) is 0 Å². The van der Waals surface area contributed by atoms with Crippen LogP contribution in [-0.2, 0) is 0 Å². The fourth-order valence-electron chi connectivity index (χ4n) is 0.196. The monoisotopic (exact) mass is 280 g/mol. The van der Waals surface area contributed by atoms with Gasteiger partial charge in [0, 0.05) is 0 Å². The summed E-state index contributed by atoms with van der Waals surface area (Å²) in [7, 11) is 0. The summed E-state index contributed by atoms with van der Waals surface area (Å²) < 4.78 is 0. The molecule has 0 aromatic heterocycles. The molecule has 1 aliphatic rings. The molecule has 0 saturated carbocycles. The van der Waals surface area contributed by atoms with Crippen molar-refractivity contribution in [1.29, 1.82) is 0 Å². The standard InChI is InChI=1S/C3H4Se3/c1-2-4-6-5-3-1/h1-2H,3H2. The molecule has 1 heterocycles. The van der Waals surface area contributed by atoms with Gasteiger partial charge in [0.1, 0.15) is 0 Å². The van der Waals surface area contributed by atoms with Gasteiger partial charge in [-0.3, -0.25) is 0 Å². The zero-order valence-electron chi connectivity index (χ0n) is 3.09. The molecule has 0 N–H and O–H groups in total. The van der Waals surface area contributed by atoms with Crippen LogP contribution in [0.15, 0.2) is 11.1 Å². The van der Waals surface area contributed by atoms with Crippen molar-refractivity contribution in [3.05, 3.63) is 11.1 Å². The zero-order chi connectivity index (χ0) is 4.24. The second kappa shape index (κ2) is 3.32. The molecule has 1 rings (SSSR count). The number of rotatable bonds is 0. The van der Waals surface area contributed by atoms with E-state index in [2.05, 4.69) is 11.1 Å². The van der Waals surface area contributed by atoms with Crippen LogP contribution in [0.2, 0.25) is 5.32 Å². The molecule has 0 spiro atoms. The fourth-order valence-corrected chi connectivity index (χ4v) is 14.2. The van der Waals surface area contributed by atoms with Gasteiger partial charge in [0.2, 0.25) is 0 Å². The van der Waals surface area contributed by atoms with E-state index in [1.165, 1.54) is 5.32 Å². The molecule has 34 valence electrons. The number of hydrogen-bond acceptors (Lipinski definition) is 0. The summed E-state index contributed by atoms with van der Waals surface area (Å²) in [4.78, 5) is 2.37. The first kappa shape index (κ1) is 5.44. The van der Waals surface area contributed by atoms with Crippen LogP contribution in [0.1, 0.15) is 0 Å². The maximum atomic E-state index is 2.37. The third kappa shape index (κ3) is 1.84. The van der Waals surface area contributed by atoms with E-state index < -0.39 is 0 Å². The molecule has 3 heteroatoms. The first-order chi connectivity index (χ1) is 3.00. The second-order valence-corrected chi connectivity index (χ2v) is 17.1. The number of allylic oxidation sites excluding steroid dienone is 1. The normalized spacial score (nSPS) is 21.3. The average Bonchev–Trinajstić information content (AvgIpc) is 1.72. The SMILES string of the molecule is C1=C[Se][Se][Se]C1. The van der Waals surface area contributed by atoms with Crippen LogP contribution in [0.3, 0.4) is 0 Å². The van der Waals surface area contributed by atoms with E-state index in [-0.39, 0.29) is 0 Å². The Morgan fingerprint density at radius 2 is 2.50 bits per heavy atom. The second-order valence-electron chi connectivity index (χ2n) is 0.821. The molecule has 0 atom stereocenters. The fraction of sp³-hybridized carbons (Fsp3) is 0.333. The van der Waals surface area contributed by atoms with Crippen molar-refractivity contribution in [1.82, 2.24) is 0 Å². The van der Waals surface area contributed by atoms with Gasteiger partial charge in [-0.1, -0.05) is 0 Å². The first-order valence-electron chi connectivity index (χ1n) is 1.60. The Hall–Kier alpha value is 1.30. The van der Waals surface area contributed by atoms with E-state index in [1.807, 2.05) is 0 Å². The van der Waals surface area contributed by atoms with Crippen molar-refractivity contribution < 1.29 is 0 Å². The number of hydrogen-bond donors (Lipinski definition) is 0. The van der Waals surface area contributed by atoms with Crippen molar-refractivity contribution in [2.45, 2.75) is 5.32 Å². The van der Waals surface area contributed by atoms with E-state index >= 15 is 0 Å². The molecule has 0 nitrogen and oxygen atoms in total. The molecule has 1 aliphatic heterocycles. The Morgan fingerprint density at radius 3 is 2.67 bits per heavy atom. The van der Waals surface area contributed by atoms with Gasteiger partial charge in [0.15, 0.2) is 0 Å². The Balaban J connectivity index is 2.26. The van der Waals surface area contributed by atoms with Crippen molar-refractivity contribution >= 4 is 37.6 Å². The third-order valence-electron chi connectivity index (χ3n) is 0.403. The van der Waals surface area contributed by atoms with Gasteiger partial charge >= 0.3 is 53.9 Å². The van der Waals surface area contributed by atoms with Crippen LogP contribution in [-0.4, -0.2) is 37.6 Å². The summed E-state index contributed by atoms with van der Waals surface area (Å²) in [6, 6.07) is 0. The molecular formula is C3H4Se3. The third-order valence-corrected chi connectivity index (χ3v) is 16.6. The summed E-state index contributed by atoms with van der Waals surface area (Å²) in [6.07, 6.45) is 2.34. The van der Waals surface area contributed by atoms with Crippen LogP contribution < -0.4 is 0 Å². The average molecular weight is 277 g/mol. The molecule has 0 saturated heterocycles. The van der Waals surface area contributed by atoms with Crippen molar-refractivity contribution in [3.8, 4) is 0 Å². The maximum absolute atomic E-state index is 2.37. The van der Waals surface area contributed by atoms with Gasteiger partial charge in [-0.15, -0.1) is 0 Å². The molecule has 0 aromatic carbocycles. The van der Waals surface area contributed by atoms with Gasteiger partial charge in [-0.05, 0) is 0 Å². The van der Waals surface area contributed by atoms with Gasteiger partial charge in [0.25, 0.3) is 0 Å². The van der Waals surface area contributed by atoms with Crippen molar-refractivity contribution in [2.75, 3.05) is 0 Å². The first-order valence-corrected chi connectivity index (χ1v) is 12.5. The molecule has 0 unspecified atom stereocenters. The molecule has 0 aliphatic carbocycles. The summed E-state index contributed by atoms with van der Waals surface area (Å²) in [5, 5.41) is 1.43. The molecule has 0 bridgehead atoms. The van der Waals surface area contributed by atoms with Crippen LogP contribution in [0.5, 0.6) is 0 Å². The zero-order valence-corrected chi connectivity index (χ0v) is 8.23.